The van der Waals surface area contributed by atoms with E-state index in [-0.39, 0.29) is 5.25 Å². The standard InChI is InChI=1S/C4H3N2S/c5-3-4-1-2-6-7-4/h1-2,4H. The lowest BCUT2D eigenvalue weighted by Gasteiger charge is -1.84. The van der Waals surface area contributed by atoms with E-state index in [9.17, 15) is 0 Å². The molecule has 0 spiro atoms. The molecule has 2 nitrogen and oxygen atoms in total. The van der Waals surface area contributed by atoms with Gasteiger partial charge in [-0.25, -0.2) is 4.40 Å². The van der Waals surface area contributed by atoms with E-state index < -0.39 is 0 Å². The van der Waals surface area contributed by atoms with E-state index in [2.05, 4.69) is 4.40 Å². The van der Waals surface area contributed by atoms with Gasteiger partial charge in [-0.1, -0.05) is 0 Å². The Hall–Kier alpha value is -0.490. The van der Waals surface area contributed by atoms with Gasteiger partial charge in [0.2, 0.25) is 0 Å². The summed E-state index contributed by atoms with van der Waals surface area (Å²) in [7, 11) is 0. The SMILES string of the molecule is N#CC1[CH]C=NS1. The summed E-state index contributed by atoms with van der Waals surface area (Å²) in [6, 6.07) is 2.05. The zero-order valence-corrected chi connectivity index (χ0v) is 4.35. The van der Waals surface area contributed by atoms with E-state index in [1.807, 2.05) is 6.07 Å². The first-order valence-electron chi connectivity index (χ1n) is 1.86. The second kappa shape index (κ2) is 1.99. The summed E-state index contributed by atoms with van der Waals surface area (Å²) in [5.74, 6) is 0. The molecule has 0 aromatic carbocycles. The van der Waals surface area contributed by atoms with Crippen LogP contribution in [0.25, 0.3) is 0 Å². The lowest BCUT2D eigenvalue weighted by Crippen LogP contribution is -1.91. The average Bonchev–Trinajstić information content (AvgIpc) is 2.14. The fraction of sp³-hybridized carbons (Fsp3) is 0.250. The maximum absolute atomic E-state index is 8.18. The Morgan fingerprint density at radius 3 is 3.00 bits per heavy atom. The van der Waals surface area contributed by atoms with Crippen molar-refractivity contribution in [3.05, 3.63) is 6.42 Å². The molecule has 1 aliphatic heterocycles. The maximum Gasteiger partial charge on any atom is 0.122 e. The highest BCUT2D eigenvalue weighted by Crippen LogP contribution is 2.18. The van der Waals surface area contributed by atoms with Crippen LogP contribution in [-0.4, -0.2) is 11.5 Å². The molecular weight excluding hydrogens is 108 g/mol. The molecule has 0 amide bonds. The first-order valence-corrected chi connectivity index (χ1v) is 2.69. The fourth-order valence-electron chi connectivity index (χ4n) is 0.316. The predicted molar refractivity (Wildman–Crippen MR) is 29.8 cm³/mol. The lowest BCUT2D eigenvalue weighted by molar-refractivity contribution is 1.35. The fourth-order valence-corrected chi connectivity index (χ4v) is 0.775. The Balaban J connectivity index is 2.39. The highest BCUT2D eigenvalue weighted by molar-refractivity contribution is 7.99. The van der Waals surface area contributed by atoms with E-state index >= 15 is 0 Å². The molecule has 3 heteroatoms. The largest absolute Gasteiger partial charge is 0.227 e. The Kier molecular flexibility index (Phi) is 1.32. The van der Waals surface area contributed by atoms with Gasteiger partial charge in [-0.05, 0) is 11.9 Å². The van der Waals surface area contributed by atoms with Gasteiger partial charge in [0.1, 0.15) is 5.25 Å². The molecule has 1 unspecified atom stereocenters. The average molecular weight is 111 g/mol. The van der Waals surface area contributed by atoms with E-state index in [4.69, 9.17) is 5.26 Å². The van der Waals surface area contributed by atoms with E-state index in [0.717, 1.165) is 0 Å². The quantitative estimate of drug-likeness (QED) is 0.434. The zero-order valence-electron chi connectivity index (χ0n) is 3.53. The van der Waals surface area contributed by atoms with Crippen molar-refractivity contribution in [1.82, 2.24) is 0 Å². The summed E-state index contributed by atoms with van der Waals surface area (Å²) in [4.78, 5) is 0. The number of nitrogens with zero attached hydrogens (tertiary/aromatic N) is 2. The second-order valence-corrected chi connectivity index (χ2v) is 2.03. The van der Waals surface area contributed by atoms with Crippen molar-refractivity contribution in [2.45, 2.75) is 5.25 Å². The highest BCUT2D eigenvalue weighted by atomic mass is 32.2. The zero-order chi connectivity index (χ0) is 5.11. The normalized spacial score (nSPS) is 27.6. The van der Waals surface area contributed by atoms with Crippen LogP contribution in [0.5, 0.6) is 0 Å². The van der Waals surface area contributed by atoms with Gasteiger partial charge in [0.15, 0.2) is 0 Å². The van der Waals surface area contributed by atoms with Crippen molar-refractivity contribution >= 4 is 18.2 Å². The molecule has 1 radical (unpaired) electrons. The van der Waals surface area contributed by atoms with Gasteiger partial charge >= 0.3 is 0 Å². The van der Waals surface area contributed by atoms with Crippen molar-refractivity contribution < 1.29 is 0 Å². The van der Waals surface area contributed by atoms with Gasteiger partial charge in [-0.2, -0.15) is 5.26 Å². The van der Waals surface area contributed by atoms with Crippen molar-refractivity contribution in [3.8, 4) is 6.07 Å². The van der Waals surface area contributed by atoms with Crippen LogP contribution < -0.4 is 0 Å². The predicted octanol–water partition coefficient (Wildman–Crippen LogP) is 0.815. The minimum absolute atomic E-state index is 0.0278. The number of hydrogen-bond donors (Lipinski definition) is 0. The van der Waals surface area contributed by atoms with Crippen LogP contribution in [0.4, 0.5) is 0 Å². The molecule has 0 N–H and O–H groups in total. The Morgan fingerprint density at radius 2 is 2.71 bits per heavy atom. The van der Waals surface area contributed by atoms with Crippen molar-refractivity contribution in [1.29, 1.82) is 5.26 Å². The molecule has 1 atom stereocenters. The molecular formula is C4H3N2S. The molecule has 1 aliphatic rings. The third-order valence-corrected chi connectivity index (χ3v) is 1.36. The number of nitriles is 1. The van der Waals surface area contributed by atoms with Gasteiger partial charge in [-0.3, -0.25) is 0 Å². The monoisotopic (exact) mass is 111 g/mol. The second-order valence-electron chi connectivity index (χ2n) is 1.10. The first-order chi connectivity index (χ1) is 3.43. The molecule has 0 fully saturated rings. The molecule has 1 rings (SSSR count). The summed E-state index contributed by atoms with van der Waals surface area (Å²) < 4.78 is 3.75. The van der Waals surface area contributed by atoms with Crippen LogP contribution >= 0.6 is 11.9 Å². The summed E-state index contributed by atoms with van der Waals surface area (Å²) in [5, 5.41) is 8.16. The molecule has 35 valence electrons. The molecule has 7 heavy (non-hydrogen) atoms. The topological polar surface area (TPSA) is 36.1 Å². The summed E-state index contributed by atoms with van der Waals surface area (Å²) in [5.41, 5.74) is 0. The van der Waals surface area contributed by atoms with Crippen LogP contribution in [-0.2, 0) is 0 Å². The highest BCUT2D eigenvalue weighted by Gasteiger charge is 2.09. The molecule has 0 aromatic rings. The minimum Gasteiger partial charge on any atom is -0.227 e. The molecule has 1 heterocycles. The number of rotatable bonds is 0. The molecule has 0 aromatic heterocycles. The molecule has 0 aliphatic carbocycles. The molecule has 0 bridgehead atoms. The molecule has 0 saturated carbocycles. The third-order valence-electron chi connectivity index (χ3n) is 0.623. The van der Waals surface area contributed by atoms with E-state index in [1.54, 1.807) is 12.6 Å². The summed E-state index contributed by atoms with van der Waals surface area (Å²) in [6.45, 7) is 0. The summed E-state index contributed by atoms with van der Waals surface area (Å²) in [6.07, 6.45) is 3.42. The first kappa shape index (κ1) is 4.66. The number of hydrogen-bond acceptors (Lipinski definition) is 3. The molecule has 0 saturated heterocycles. The van der Waals surface area contributed by atoms with Crippen molar-refractivity contribution in [2.24, 2.45) is 4.40 Å². The smallest absolute Gasteiger partial charge is 0.122 e. The maximum atomic E-state index is 8.18. The van der Waals surface area contributed by atoms with Crippen LogP contribution in [0.3, 0.4) is 0 Å². The van der Waals surface area contributed by atoms with E-state index in [1.165, 1.54) is 11.9 Å². The van der Waals surface area contributed by atoms with Crippen LogP contribution in [0.2, 0.25) is 0 Å². The minimum atomic E-state index is -0.0278. The van der Waals surface area contributed by atoms with Gasteiger partial charge < -0.3 is 0 Å². The van der Waals surface area contributed by atoms with Crippen molar-refractivity contribution in [3.63, 3.8) is 0 Å². The Labute approximate surface area is 46.4 Å². The van der Waals surface area contributed by atoms with Crippen molar-refractivity contribution in [2.75, 3.05) is 0 Å². The van der Waals surface area contributed by atoms with E-state index in [0.29, 0.717) is 0 Å². The van der Waals surface area contributed by atoms with Crippen LogP contribution in [0, 0.1) is 17.8 Å². The van der Waals surface area contributed by atoms with Crippen LogP contribution in [0.1, 0.15) is 0 Å². The van der Waals surface area contributed by atoms with Gasteiger partial charge in [0.25, 0.3) is 0 Å². The summed E-state index contributed by atoms with van der Waals surface area (Å²) >= 11 is 1.30. The van der Waals surface area contributed by atoms with Gasteiger partial charge in [0.05, 0.1) is 6.07 Å². The Morgan fingerprint density at radius 1 is 1.86 bits per heavy atom. The Bertz CT molecular complexity index is 116. The third kappa shape index (κ3) is 0.937. The van der Waals surface area contributed by atoms with Crippen LogP contribution in [0.15, 0.2) is 4.40 Å². The van der Waals surface area contributed by atoms with Gasteiger partial charge in [-0.15, -0.1) is 0 Å². The lowest BCUT2D eigenvalue weighted by atomic mass is 10.3. The van der Waals surface area contributed by atoms with Gasteiger partial charge in [0, 0.05) is 12.6 Å².